The van der Waals surface area contributed by atoms with Crippen LogP contribution in [0.5, 0.6) is 0 Å². The van der Waals surface area contributed by atoms with Gasteiger partial charge in [-0.1, -0.05) is 6.07 Å². The summed E-state index contributed by atoms with van der Waals surface area (Å²) in [6.07, 6.45) is 1.54. The third-order valence-corrected chi connectivity index (χ3v) is 2.43. The number of fused-ring (bicyclic) bond motifs is 1. The largest absolute Gasteiger partial charge is 0.432 e. The highest BCUT2D eigenvalue weighted by Crippen LogP contribution is 2.23. The molecule has 0 atom stereocenters. The van der Waals surface area contributed by atoms with Crippen molar-refractivity contribution >= 4 is 17.1 Å². The zero-order chi connectivity index (χ0) is 11.8. The van der Waals surface area contributed by atoms with Crippen molar-refractivity contribution in [2.45, 2.75) is 0 Å². The van der Waals surface area contributed by atoms with Gasteiger partial charge in [0.15, 0.2) is 5.58 Å². The van der Waals surface area contributed by atoms with E-state index in [-0.39, 0.29) is 0 Å². The highest BCUT2D eigenvalue weighted by molar-refractivity contribution is 5.78. The Morgan fingerprint density at radius 1 is 1.41 bits per heavy atom. The molecule has 17 heavy (non-hydrogen) atoms. The Morgan fingerprint density at radius 2 is 2.29 bits per heavy atom. The zero-order valence-electron chi connectivity index (χ0n) is 8.98. The molecule has 1 aromatic carbocycles. The number of aromatic amines is 1. The van der Waals surface area contributed by atoms with Crippen LogP contribution >= 0.6 is 0 Å². The number of nitrogens with zero attached hydrogens (tertiary/aromatic N) is 1. The van der Waals surface area contributed by atoms with Crippen LogP contribution in [0.2, 0.25) is 0 Å². The van der Waals surface area contributed by atoms with Gasteiger partial charge in [-0.25, -0.2) is 4.79 Å². The van der Waals surface area contributed by atoms with Gasteiger partial charge in [0.05, 0.1) is 5.52 Å². The quantitative estimate of drug-likeness (QED) is 0.702. The predicted octanol–water partition coefficient (Wildman–Crippen LogP) is 1.82. The average molecular weight is 231 g/mol. The second kappa shape index (κ2) is 3.51. The van der Waals surface area contributed by atoms with Crippen molar-refractivity contribution in [3.8, 4) is 11.3 Å². The van der Waals surface area contributed by atoms with Crippen LogP contribution in [0.25, 0.3) is 22.4 Å². The molecule has 6 heteroatoms. The van der Waals surface area contributed by atoms with E-state index in [0.29, 0.717) is 22.8 Å². The van der Waals surface area contributed by atoms with E-state index in [1.807, 2.05) is 6.07 Å². The molecular weight excluding hydrogens is 222 g/mol. The fourth-order valence-electron chi connectivity index (χ4n) is 1.63. The zero-order valence-corrected chi connectivity index (χ0v) is 8.98. The first-order chi connectivity index (χ1) is 8.26. The van der Waals surface area contributed by atoms with Crippen molar-refractivity contribution in [1.29, 1.82) is 0 Å². The van der Waals surface area contributed by atoms with Gasteiger partial charge in [0.2, 0.25) is 0 Å². The molecule has 0 unspecified atom stereocenters. The standard InChI is InChI=1S/C11H9N3O3/c1-12-10-13-8(5-16-10)6-2-3-7-9(4-6)17-11(15)14-7/h2-5H,1H3,(H,12,13)(H,14,15). The summed E-state index contributed by atoms with van der Waals surface area (Å²) in [7, 11) is 1.73. The number of aromatic nitrogens is 2. The number of hydrogen-bond donors (Lipinski definition) is 2. The van der Waals surface area contributed by atoms with Crippen molar-refractivity contribution in [3.63, 3.8) is 0 Å². The van der Waals surface area contributed by atoms with Gasteiger partial charge >= 0.3 is 5.76 Å². The van der Waals surface area contributed by atoms with E-state index in [1.165, 1.54) is 6.26 Å². The van der Waals surface area contributed by atoms with Crippen LogP contribution in [-0.4, -0.2) is 17.0 Å². The monoisotopic (exact) mass is 231 g/mol. The summed E-state index contributed by atoms with van der Waals surface area (Å²) in [4.78, 5) is 17.8. The van der Waals surface area contributed by atoms with E-state index in [2.05, 4.69) is 15.3 Å². The first-order valence-corrected chi connectivity index (χ1v) is 5.03. The van der Waals surface area contributed by atoms with Gasteiger partial charge in [0.1, 0.15) is 12.0 Å². The summed E-state index contributed by atoms with van der Waals surface area (Å²) < 4.78 is 10.1. The fourth-order valence-corrected chi connectivity index (χ4v) is 1.63. The lowest BCUT2D eigenvalue weighted by Gasteiger charge is -1.94. The third-order valence-electron chi connectivity index (χ3n) is 2.43. The van der Waals surface area contributed by atoms with Crippen LogP contribution < -0.4 is 11.1 Å². The first-order valence-electron chi connectivity index (χ1n) is 5.03. The second-order valence-corrected chi connectivity index (χ2v) is 3.51. The van der Waals surface area contributed by atoms with Gasteiger partial charge in [-0.2, -0.15) is 4.98 Å². The van der Waals surface area contributed by atoms with E-state index in [9.17, 15) is 4.79 Å². The molecule has 6 nitrogen and oxygen atoms in total. The number of rotatable bonds is 2. The smallest absolute Gasteiger partial charge is 0.417 e. The lowest BCUT2D eigenvalue weighted by molar-refractivity contribution is 0.555. The number of hydrogen-bond acceptors (Lipinski definition) is 5. The second-order valence-electron chi connectivity index (χ2n) is 3.51. The molecule has 0 saturated carbocycles. The van der Waals surface area contributed by atoms with Gasteiger partial charge in [0, 0.05) is 12.6 Å². The van der Waals surface area contributed by atoms with Crippen molar-refractivity contribution in [3.05, 3.63) is 35.0 Å². The highest BCUT2D eigenvalue weighted by Gasteiger charge is 2.07. The minimum atomic E-state index is -0.465. The van der Waals surface area contributed by atoms with Crippen molar-refractivity contribution in [1.82, 2.24) is 9.97 Å². The molecule has 2 heterocycles. The SMILES string of the molecule is CNc1nc(-c2ccc3[nH]c(=O)oc3c2)co1. The maximum absolute atomic E-state index is 11.0. The Hall–Kier alpha value is -2.50. The Balaban J connectivity index is 2.13. The van der Waals surface area contributed by atoms with Crippen LogP contribution in [0, 0.1) is 0 Å². The molecule has 0 radical (unpaired) electrons. The summed E-state index contributed by atoms with van der Waals surface area (Å²) >= 11 is 0. The van der Waals surface area contributed by atoms with Crippen molar-refractivity contribution in [2.75, 3.05) is 12.4 Å². The lowest BCUT2D eigenvalue weighted by Crippen LogP contribution is -1.92. The molecule has 0 spiro atoms. The fraction of sp³-hybridized carbons (Fsp3) is 0.0909. The van der Waals surface area contributed by atoms with Crippen molar-refractivity contribution < 1.29 is 8.83 Å². The van der Waals surface area contributed by atoms with Gasteiger partial charge in [-0.05, 0) is 12.1 Å². The summed E-state index contributed by atoms with van der Waals surface area (Å²) in [5, 5.41) is 2.80. The summed E-state index contributed by atoms with van der Waals surface area (Å²) in [6, 6.07) is 5.79. The number of benzene rings is 1. The summed E-state index contributed by atoms with van der Waals surface area (Å²) in [5.41, 5.74) is 2.67. The van der Waals surface area contributed by atoms with E-state index in [4.69, 9.17) is 8.83 Å². The number of H-pyrrole nitrogens is 1. The molecule has 0 aliphatic carbocycles. The molecule has 0 aliphatic rings. The molecule has 0 aliphatic heterocycles. The molecule has 2 aromatic heterocycles. The van der Waals surface area contributed by atoms with E-state index < -0.39 is 5.76 Å². The average Bonchev–Trinajstić information content (AvgIpc) is 2.92. The van der Waals surface area contributed by atoms with Gasteiger partial charge in [0.25, 0.3) is 6.01 Å². The summed E-state index contributed by atoms with van der Waals surface area (Å²) in [5.74, 6) is -0.465. The van der Waals surface area contributed by atoms with Crippen LogP contribution in [0.1, 0.15) is 0 Å². The van der Waals surface area contributed by atoms with Crippen molar-refractivity contribution in [2.24, 2.45) is 0 Å². The molecule has 3 aromatic rings. The summed E-state index contributed by atoms with van der Waals surface area (Å²) in [6.45, 7) is 0. The molecule has 0 fully saturated rings. The minimum Gasteiger partial charge on any atom is -0.432 e. The topological polar surface area (TPSA) is 84.1 Å². The van der Waals surface area contributed by atoms with E-state index in [0.717, 1.165) is 5.56 Å². The Labute approximate surface area is 95.3 Å². The van der Waals surface area contributed by atoms with Crippen LogP contribution in [-0.2, 0) is 0 Å². The number of nitrogens with one attached hydrogen (secondary N) is 2. The van der Waals surface area contributed by atoms with E-state index >= 15 is 0 Å². The van der Waals surface area contributed by atoms with Gasteiger partial charge in [-0.15, -0.1) is 0 Å². The third kappa shape index (κ3) is 1.59. The molecule has 0 amide bonds. The van der Waals surface area contributed by atoms with E-state index in [1.54, 1.807) is 19.2 Å². The molecule has 3 rings (SSSR count). The van der Waals surface area contributed by atoms with Gasteiger partial charge in [-0.3, -0.25) is 4.98 Å². The maximum atomic E-state index is 11.0. The van der Waals surface area contributed by atoms with Gasteiger partial charge < -0.3 is 14.2 Å². The Morgan fingerprint density at radius 3 is 3.06 bits per heavy atom. The first kappa shape index (κ1) is 9.71. The molecule has 2 N–H and O–H groups in total. The molecule has 0 bridgehead atoms. The highest BCUT2D eigenvalue weighted by atomic mass is 16.4. The number of anilines is 1. The van der Waals surface area contributed by atoms with Crippen LogP contribution in [0.3, 0.4) is 0 Å². The van der Waals surface area contributed by atoms with Crippen LogP contribution in [0.4, 0.5) is 6.01 Å². The predicted molar refractivity (Wildman–Crippen MR) is 61.9 cm³/mol. The molecular formula is C11H9N3O3. The number of oxazole rings is 2. The maximum Gasteiger partial charge on any atom is 0.417 e. The Kier molecular flexibility index (Phi) is 2.01. The Bertz CT molecular complexity index is 723. The minimum absolute atomic E-state index is 0.440. The lowest BCUT2D eigenvalue weighted by atomic mass is 10.1. The normalized spacial score (nSPS) is 10.9. The van der Waals surface area contributed by atoms with Crippen LogP contribution in [0.15, 0.2) is 38.1 Å². The molecule has 86 valence electrons. The molecule has 0 saturated heterocycles.